The SMILES string of the molecule is C=NC[C@@H]1CCCN1C(=O)CN(C(=O)OC(C)(C)C)C12CC3C[C@H](CC(OCCOC(=O)NCCOc4ccc(CCN(CCCCCC)C[C@H](O)[C@@H](O)[C@H](O)[C@H](O)CO)cc4)(C3)C1)C2. The maximum atomic E-state index is 14.0. The summed E-state index contributed by atoms with van der Waals surface area (Å²) >= 11 is 0. The monoisotopic (exact) mass is 918 g/mol. The number of ether oxygens (including phenoxy) is 4. The zero-order valence-corrected chi connectivity index (χ0v) is 39.4. The minimum atomic E-state index is -1.66. The van der Waals surface area contributed by atoms with Crippen molar-refractivity contribution in [3.05, 3.63) is 29.8 Å². The minimum absolute atomic E-state index is 0.00810. The Labute approximate surface area is 385 Å². The van der Waals surface area contributed by atoms with Crippen LogP contribution >= 0.6 is 0 Å². The molecule has 4 saturated carbocycles. The zero-order chi connectivity index (χ0) is 47.2. The van der Waals surface area contributed by atoms with Crippen LogP contribution in [0, 0.1) is 11.8 Å². The van der Waals surface area contributed by atoms with E-state index in [-0.39, 0.29) is 51.4 Å². The average Bonchev–Trinajstić information content (AvgIpc) is 3.73. The Kier molecular flexibility index (Phi) is 19.7. The van der Waals surface area contributed by atoms with Crippen LogP contribution in [0.15, 0.2) is 29.3 Å². The molecule has 6 N–H and O–H groups in total. The molecule has 4 bridgehead atoms. The number of rotatable bonds is 27. The number of aliphatic hydroxyl groups excluding tert-OH is 5. The van der Waals surface area contributed by atoms with Crippen molar-refractivity contribution in [2.24, 2.45) is 16.8 Å². The number of aliphatic hydroxyl groups is 5. The van der Waals surface area contributed by atoms with Crippen molar-refractivity contribution in [3.8, 4) is 5.75 Å². The summed E-state index contributed by atoms with van der Waals surface area (Å²) in [5.74, 6) is 1.24. The molecule has 368 valence electrons. The van der Waals surface area contributed by atoms with Gasteiger partial charge in [0.05, 0.1) is 49.6 Å². The molecule has 1 aromatic carbocycles. The van der Waals surface area contributed by atoms with Crippen LogP contribution in [0.2, 0.25) is 0 Å². The van der Waals surface area contributed by atoms with Gasteiger partial charge in [0.25, 0.3) is 0 Å². The van der Waals surface area contributed by atoms with Gasteiger partial charge in [-0.2, -0.15) is 0 Å². The summed E-state index contributed by atoms with van der Waals surface area (Å²) in [5.41, 5.74) is -0.750. The summed E-state index contributed by atoms with van der Waals surface area (Å²) in [4.78, 5) is 50.2. The molecule has 3 amide bonds. The Hall–Kier alpha value is -3.58. The van der Waals surface area contributed by atoms with Crippen molar-refractivity contribution >= 4 is 24.8 Å². The number of hydrogen-bond acceptors (Lipinski definition) is 14. The predicted molar refractivity (Wildman–Crippen MR) is 245 cm³/mol. The van der Waals surface area contributed by atoms with Crippen molar-refractivity contribution in [3.63, 3.8) is 0 Å². The summed E-state index contributed by atoms with van der Waals surface area (Å²) in [5, 5.41) is 52.6. The van der Waals surface area contributed by atoms with Crippen molar-refractivity contribution < 1.29 is 58.9 Å². The van der Waals surface area contributed by atoms with Crippen LogP contribution in [0.3, 0.4) is 0 Å². The molecule has 0 spiro atoms. The molecule has 3 unspecified atom stereocenters. The lowest BCUT2D eigenvalue weighted by atomic mass is 9.50. The van der Waals surface area contributed by atoms with E-state index >= 15 is 0 Å². The summed E-state index contributed by atoms with van der Waals surface area (Å²) in [6.45, 7) is 13.8. The highest BCUT2D eigenvalue weighted by Gasteiger charge is 2.62. The van der Waals surface area contributed by atoms with E-state index in [4.69, 9.17) is 24.1 Å². The molecule has 17 heteroatoms. The first-order chi connectivity index (χ1) is 31.0. The van der Waals surface area contributed by atoms with Gasteiger partial charge in [-0.1, -0.05) is 38.3 Å². The van der Waals surface area contributed by atoms with E-state index in [2.05, 4.69) is 24.0 Å². The van der Waals surface area contributed by atoms with Crippen LogP contribution in [0.1, 0.15) is 110 Å². The van der Waals surface area contributed by atoms with Crippen molar-refractivity contribution in [2.75, 3.05) is 72.2 Å². The highest BCUT2D eigenvalue weighted by atomic mass is 16.6. The fourth-order valence-electron chi connectivity index (χ4n) is 10.9. The van der Waals surface area contributed by atoms with Gasteiger partial charge >= 0.3 is 12.2 Å². The van der Waals surface area contributed by atoms with E-state index in [1.165, 1.54) is 0 Å². The van der Waals surface area contributed by atoms with Crippen LogP contribution in [-0.2, 0) is 25.4 Å². The summed E-state index contributed by atoms with van der Waals surface area (Å²) in [7, 11) is 0. The molecule has 5 aliphatic rings. The third-order valence-corrected chi connectivity index (χ3v) is 13.6. The molecule has 4 aliphatic carbocycles. The molecular formula is C48H79N5O12. The second-order valence-corrected chi connectivity index (χ2v) is 20.0. The third kappa shape index (κ3) is 15.2. The molecule has 65 heavy (non-hydrogen) atoms. The van der Waals surface area contributed by atoms with Gasteiger partial charge in [0.15, 0.2) is 0 Å². The highest BCUT2D eigenvalue weighted by Crippen LogP contribution is 2.61. The lowest BCUT2D eigenvalue weighted by Gasteiger charge is -2.64. The van der Waals surface area contributed by atoms with Gasteiger partial charge in [0.1, 0.15) is 49.4 Å². The zero-order valence-electron chi connectivity index (χ0n) is 39.4. The molecule has 1 heterocycles. The largest absolute Gasteiger partial charge is 0.492 e. The predicted octanol–water partition coefficient (Wildman–Crippen LogP) is 3.69. The maximum Gasteiger partial charge on any atom is 0.411 e. The number of benzene rings is 1. The molecule has 1 aromatic rings. The fourth-order valence-corrected chi connectivity index (χ4v) is 10.9. The molecule has 6 rings (SSSR count). The van der Waals surface area contributed by atoms with Crippen LogP contribution in [0.25, 0.3) is 0 Å². The topological polar surface area (TPSA) is 223 Å². The number of hydrogen-bond donors (Lipinski definition) is 6. The highest BCUT2D eigenvalue weighted by molar-refractivity contribution is 5.83. The van der Waals surface area contributed by atoms with Gasteiger partial charge in [0.2, 0.25) is 5.91 Å². The van der Waals surface area contributed by atoms with Gasteiger partial charge in [-0.25, -0.2) is 9.59 Å². The quantitative estimate of drug-likeness (QED) is 0.0548. The van der Waals surface area contributed by atoms with E-state index in [9.17, 15) is 34.8 Å². The second kappa shape index (κ2) is 24.4. The average molecular weight is 918 g/mol. The fraction of sp³-hybridized carbons (Fsp3) is 0.792. The molecule has 9 atom stereocenters. The van der Waals surface area contributed by atoms with Crippen molar-refractivity contribution in [1.29, 1.82) is 0 Å². The van der Waals surface area contributed by atoms with Crippen LogP contribution in [-0.4, -0.2) is 184 Å². The molecule has 0 aromatic heterocycles. The molecule has 1 saturated heterocycles. The molecule has 17 nitrogen and oxygen atoms in total. The Morgan fingerprint density at radius 1 is 0.954 bits per heavy atom. The first-order valence-corrected chi connectivity index (χ1v) is 24.0. The van der Waals surface area contributed by atoms with E-state index in [1.54, 1.807) is 4.90 Å². The van der Waals surface area contributed by atoms with Crippen molar-refractivity contribution in [1.82, 2.24) is 20.0 Å². The molecule has 0 radical (unpaired) electrons. The number of aliphatic imine (C=N–C) groups is 1. The van der Waals surface area contributed by atoms with Gasteiger partial charge in [-0.3, -0.25) is 14.7 Å². The molecule has 5 fully saturated rings. The lowest BCUT2D eigenvalue weighted by molar-refractivity contribution is -0.200. The van der Waals surface area contributed by atoms with Gasteiger partial charge < -0.3 is 59.6 Å². The van der Waals surface area contributed by atoms with Crippen LogP contribution < -0.4 is 10.1 Å². The van der Waals surface area contributed by atoms with Crippen LogP contribution in [0.4, 0.5) is 9.59 Å². The smallest absolute Gasteiger partial charge is 0.411 e. The number of nitrogens with zero attached hydrogens (tertiary/aromatic N) is 4. The first kappa shape index (κ1) is 52.4. The second-order valence-electron chi connectivity index (χ2n) is 20.0. The number of likely N-dealkylation sites (tertiary alicyclic amines) is 1. The number of nitrogens with one attached hydrogen (secondary N) is 1. The van der Waals surface area contributed by atoms with Crippen LogP contribution in [0.5, 0.6) is 5.75 Å². The number of amides is 3. The van der Waals surface area contributed by atoms with Gasteiger partial charge in [-0.05, 0) is 128 Å². The van der Waals surface area contributed by atoms with Gasteiger partial charge in [0, 0.05) is 19.6 Å². The maximum absolute atomic E-state index is 14.0. The Bertz CT molecular complexity index is 1650. The summed E-state index contributed by atoms with van der Waals surface area (Å²) in [6, 6.07) is 7.60. The number of unbranched alkanes of at least 4 members (excludes halogenated alkanes) is 3. The lowest BCUT2D eigenvalue weighted by Crippen LogP contribution is -2.68. The van der Waals surface area contributed by atoms with Gasteiger partial charge in [-0.15, -0.1) is 0 Å². The normalized spacial score (nSPS) is 25.5. The molecular weight excluding hydrogens is 839 g/mol. The van der Waals surface area contributed by atoms with Crippen molar-refractivity contribution in [2.45, 2.75) is 158 Å². The Morgan fingerprint density at radius 2 is 1.66 bits per heavy atom. The van der Waals surface area contributed by atoms with E-state index in [0.29, 0.717) is 56.6 Å². The van der Waals surface area contributed by atoms with E-state index in [1.807, 2.05) is 54.8 Å². The summed E-state index contributed by atoms with van der Waals surface area (Å²) < 4.78 is 23.9. The first-order valence-electron chi connectivity index (χ1n) is 24.0. The van der Waals surface area contributed by atoms with E-state index < -0.39 is 60.0 Å². The molecule has 1 aliphatic heterocycles. The minimum Gasteiger partial charge on any atom is -0.492 e. The Balaban J connectivity index is 1.05. The van der Waals surface area contributed by atoms with E-state index in [0.717, 1.165) is 76.2 Å². The summed E-state index contributed by atoms with van der Waals surface area (Å²) in [6.07, 6.45) is 4.39. The number of carbonyl (C=O) groups is 3. The standard InChI is InChI=1S/C48H79N5O12/c1-6-7-8-9-18-51(30-39(55)42(58)43(59)40(56)32-54)20-16-34-12-14-38(15-13-34)62-21-17-50-44(60)63-22-23-64-48-27-35-24-36(28-48)26-47(25-35,33-48)53(45(61)65-46(2,3)4)31-41(57)52-19-10-11-37(52)29-49-5/h12-15,35-37,39-40,42-43,54-56,58-59H,5-11,16-33H2,1-4H3,(H,50,60)/t35-,36?,37-,39-,40+,42+,43+,47?,48?/m0/s1. The Morgan fingerprint density at radius 3 is 2.32 bits per heavy atom. The number of carbonyl (C=O) groups excluding carboxylic acids is 3. The number of alkyl carbamates (subject to hydrolysis) is 1. The third-order valence-electron chi connectivity index (χ3n) is 13.6.